The molecule has 0 spiro atoms. The number of allylic oxidation sites excluding steroid dienone is 3. The molecule has 0 aromatic heterocycles. The van der Waals surface area contributed by atoms with Gasteiger partial charge < -0.3 is 4.74 Å². The first-order chi connectivity index (χ1) is 8.40. The molecule has 98 valence electrons. The van der Waals surface area contributed by atoms with Crippen LogP contribution in [-0.2, 0) is 10.3 Å². The van der Waals surface area contributed by atoms with E-state index in [1.807, 2.05) is 25.1 Å². The van der Waals surface area contributed by atoms with E-state index in [0.29, 0.717) is 5.92 Å². The molecule has 0 bridgehead atoms. The first-order valence-corrected chi connectivity index (χ1v) is 6.94. The molecule has 0 N–H and O–H groups in total. The summed E-state index contributed by atoms with van der Waals surface area (Å²) in [7, 11) is 0. The van der Waals surface area contributed by atoms with Gasteiger partial charge in [0.1, 0.15) is 5.60 Å². The van der Waals surface area contributed by atoms with Gasteiger partial charge in [0.05, 0.1) is 5.76 Å². The van der Waals surface area contributed by atoms with Gasteiger partial charge in [-0.05, 0) is 43.5 Å². The average Bonchev–Trinajstić information content (AvgIpc) is 2.29. The largest absolute Gasteiger partial charge is 0.487 e. The highest BCUT2D eigenvalue weighted by Gasteiger charge is 2.32. The van der Waals surface area contributed by atoms with Crippen LogP contribution in [0.4, 0.5) is 0 Å². The van der Waals surface area contributed by atoms with Gasteiger partial charge in [0.15, 0.2) is 0 Å². The minimum absolute atomic E-state index is 0.329. The molecule has 0 aliphatic carbocycles. The van der Waals surface area contributed by atoms with Crippen molar-refractivity contribution in [3.05, 3.63) is 58.8 Å². The summed E-state index contributed by atoms with van der Waals surface area (Å²) in [6.07, 6.45) is 3.64. The summed E-state index contributed by atoms with van der Waals surface area (Å²) in [6, 6.07) is 8.30. The molecule has 1 unspecified atom stereocenters. The van der Waals surface area contributed by atoms with E-state index in [2.05, 4.69) is 55.4 Å². The van der Waals surface area contributed by atoms with E-state index < -0.39 is 0 Å². The molecule has 1 nitrogen and oxygen atoms in total. The van der Waals surface area contributed by atoms with Crippen molar-refractivity contribution in [2.75, 3.05) is 0 Å². The van der Waals surface area contributed by atoms with Gasteiger partial charge in [0.2, 0.25) is 0 Å². The average molecular weight is 309 g/mol. The van der Waals surface area contributed by atoms with Crippen LogP contribution < -0.4 is 0 Å². The molecule has 0 aliphatic heterocycles. The molecule has 1 aromatic carbocycles. The van der Waals surface area contributed by atoms with Crippen molar-refractivity contribution in [3.63, 3.8) is 0 Å². The standard InChI is InChI=1S/C16H21BrO/c1-6-7-13(4)18-16(5,12(2)3)14-8-10-15(17)11-9-14/h6-12H,1H2,2-5H3/b13-7+. The predicted molar refractivity (Wildman–Crippen MR) is 81.4 cm³/mol. The summed E-state index contributed by atoms with van der Waals surface area (Å²) in [4.78, 5) is 0. The van der Waals surface area contributed by atoms with E-state index in [1.54, 1.807) is 6.08 Å². The summed E-state index contributed by atoms with van der Waals surface area (Å²) in [5, 5.41) is 0. The Kier molecular flexibility index (Phi) is 5.21. The lowest BCUT2D eigenvalue weighted by atomic mass is 9.85. The van der Waals surface area contributed by atoms with Crippen LogP contribution in [-0.4, -0.2) is 0 Å². The first-order valence-electron chi connectivity index (χ1n) is 6.14. The van der Waals surface area contributed by atoms with E-state index in [0.717, 1.165) is 10.2 Å². The van der Waals surface area contributed by atoms with Crippen LogP contribution in [0, 0.1) is 5.92 Å². The van der Waals surface area contributed by atoms with Crippen molar-refractivity contribution >= 4 is 15.9 Å². The fourth-order valence-electron chi connectivity index (χ4n) is 1.83. The molecule has 0 fully saturated rings. The first kappa shape index (κ1) is 15.0. The number of hydrogen-bond donors (Lipinski definition) is 0. The highest BCUT2D eigenvalue weighted by atomic mass is 79.9. The molecular weight excluding hydrogens is 288 g/mol. The minimum Gasteiger partial charge on any atom is -0.487 e. The molecule has 1 atom stereocenters. The fourth-order valence-corrected chi connectivity index (χ4v) is 2.09. The zero-order valence-corrected chi connectivity index (χ0v) is 13.1. The molecule has 18 heavy (non-hydrogen) atoms. The maximum Gasteiger partial charge on any atom is 0.133 e. The molecule has 0 amide bonds. The van der Waals surface area contributed by atoms with Crippen LogP contribution in [0.25, 0.3) is 0 Å². The minimum atomic E-state index is -0.329. The van der Waals surface area contributed by atoms with Gasteiger partial charge in [-0.2, -0.15) is 0 Å². The second kappa shape index (κ2) is 6.24. The van der Waals surface area contributed by atoms with Gasteiger partial charge in [0.25, 0.3) is 0 Å². The second-order valence-electron chi connectivity index (χ2n) is 4.88. The van der Waals surface area contributed by atoms with Crippen molar-refractivity contribution in [2.24, 2.45) is 5.92 Å². The zero-order chi connectivity index (χ0) is 13.8. The summed E-state index contributed by atoms with van der Waals surface area (Å²) >= 11 is 3.46. The number of hydrogen-bond acceptors (Lipinski definition) is 1. The van der Waals surface area contributed by atoms with Crippen LogP contribution in [0.1, 0.15) is 33.3 Å². The van der Waals surface area contributed by atoms with Gasteiger partial charge in [-0.3, -0.25) is 0 Å². The van der Waals surface area contributed by atoms with Crippen molar-refractivity contribution in [1.82, 2.24) is 0 Å². The lowest BCUT2D eigenvalue weighted by molar-refractivity contribution is -0.0254. The number of ether oxygens (including phenoxy) is 1. The normalized spacial score (nSPS) is 15.3. The van der Waals surface area contributed by atoms with Crippen LogP contribution in [0.15, 0.2) is 53.2 Å². The van der Waals surface area contributed by atoms with Gasteiger partial charge in [-0.1, -0.05) is 54.6 Å². The lowest BCUT2D eigenvalue weighted by Crippen LogP contribution is -2.31. The molecule has 0 aliphatic rings. The summed E-state index contributed by atoms with van der Waals surface area (Å²) < 4.78 is 7.22. The van der Waals surface area contributed by atoms with Crippen molar-refractivity contribution in [3.8, 4) is 0 Å². The maximum absolute atomic E-state index is 6.14. The van der Waals surface area contributed by atoms with Crippen molar-refractivity contribution in [1.29, 1.82) is 0 Å². The maximum atomic E-state index is 6.14. The van der Waals surface area contributed by atoms with E-state index in [9.17, 15) is 0 Å². The highest BCUT2D eigenvalue weighted by molar-refractivity contribution is 9.10. The molecule has 1 aromatic rings. The molecule has 0 radical (unpaired) electrons. The van der Waals surface area contributed by atoms with Gasteiger partial charge in [0, 0.05) is 4.47 Å². The third kappa shape index (κ3) is 3.49. The Morgan fingerprint density at radius 1 is 1.33 bits per heavy atom. The molecule has 0 saturated heterocycles. The molecular formula is C16H21BrO. The third-order valence-electron chi connectivity index (χ3n) is 3.24. The molecule has 0 saturated carbocycles. The smallest absolute Gasteiger partial charge is 0.133 e. The van der Waals surface area contributed by atoms with E-state index in [-0.39, 0.29) is 5.60 Å². The van der Waals surface area contributed by atoms with E-state index in [4.69, 9.17) is 4.74 Å². The highest BCUT2D eigenvalue weighted by Crippen LogP contribution is 2.35. The quantitative estimate of drug-likeness (QED) is 0.521. The van der Waals surface area contributed by atoms with E-state index >= 15 is 0 Å². The number of halogens is 1. The number of benzene rings is 1. The van der Waals surface area contributed by atoms with Gasteiger partial charge >= 0.3 is 0 Å². The second-order valence-corrected chi connectivity index (χ2v) is 5.80. The molecule has 0 heterocycles. The Bertz CT molecular complexity index is 431. The Balaban J connectivity index is 3.11. The van der Waals surface area contributed by atoms with Crippen LogP contribution in [0.2, 0.25) is 0 Å². The summed E-state index contributed by atoms with van der Waals surface area (Å²) in [6.45, 7) is 12.1. The fraction of sp³-hybridized carbons (Fsp3) is 0.375. The van der Waals surface area contributed by atoms with Gasteiger partial charge in [-0.15, -0.1) is 0 Å². The monoisotopic (exact) mass is 308 g/mol. The van der Waals surface area contributed by atoms with E-state index in [1.165, 1.54) is 5.56 Å². The Labute approximate surface area is 119 Å². The number of rotatable bonds is 5. The summed E-state index contributed by atoms with van der Waals surface area (Å²) in [5.41, 5.74) is 0.849. The van der Waals surface area contributed by atoms with Gasteiger partial charge in [-0.25, -0.2) is 0 Å². The van der Waals surface area contributed by atoms with Crippen molar-refractivity contribution < 1.29 is 4.74 Å². The van der Waals surface area contributed by atoms with Crippen LogP contribution in [0.3, 0.4) is 0 Å². The SMILES string of the molecule is C=C/C=C(\C)OC(C)(c1ccc(Br)cc1)C(C)C. The predicted octanol–water partition coefficient (Wildman–Crippen LogP) is 5.43. The zero-order valence-electron chi connectivity index (χ0n) is 11.5. The lowest BCUT2D eigenvalue weighted by Gasteiger charge is -2.35. The van der Waals surface area contributed by atoms with Crippen LogP contribution in [0.5, 0.6) is 0 Å². The Morgan fingerprint density at radius 2 is 1.89 bits per heavy atom. The van der Waals surface area contributed by atoms with Crippen molar-refractivity contribution in [2.45, 2.75) is 33.3 Å². The summed E-state index contributed by atoms with van der Waals surface area (Å²) in [5.74, 6) is 1.25. The molecule has 2 heteroatoms. The topological polar surface area (TPSA) is 9.23 Å². The third-order valence-corrected chi connectivity index (χ3v) is 3.77. The Hall–Kier alpha value is -1.02. The van der Waals surface area contributed by atoms with Crippen LogP contribution >= 0.6 is 15.9 Å². The molecule has 1 rings (SSSR count). The Morgan fingerprint density at radius 3 is 2.33 bits per heavy atom.